The average molecular weight is 194 g/mol. The van der Waals surface area contributed by atoms with Gasteiger partial charge in [-0.3, -0.25) is 0 Å². The predicted molar refractivity (Wildman–Crippen MR) is 57.4 cm³/mol. The van der Waals surface area contributed by atoms with E-state index in [4.69, 9.17) is 11.6 Å². The van der Waals surface area contributed by atoms with E-state index in [0.29, 0.717) is 0 Å². The summed E-state index contributed by atoms with van der Waals surface area (Å²) in [6, 6.07) is 6.43. The van der Waals surface area contributed by atoms with Crippen molar-refractivity contribution in [2.24, 2.45) is 0 Å². The van der Waals surface area contributed by atoms with Crippen molar-refractivity contribution in [2.45, 2.75) is 20.3 Å². The second-order valence-corrected chi connectivity index (χ2v) is 3.68. The molecule has 0 radical (unpaired) electrons. The molecule has 0 saturated carbocycles. The second kappa shape index (κ2) is 3.08. The third kappa shape index (κ3) is 1.33. The summed E-state index contributed by atoms with van der Waals surface area (Å²) in [6.45, 7) is 4.20. The van der Waals surface area contributed by atoms with E-state index in [1.165, 1.54) is 10.9 Å². The van der Waals surface area contributed by atoms with Crippen molar-refractivity contribution >= 4 is 22.5 Å². The van der Waals surface area contributed by atoms with Crippen LogP contribution in [0.1, 0.15) is 18.1 Å². The van der Waals surface area contributed by atoms with Gasteiger partial charge in [-0.05, 0) is 36.6 Å². The van der Waals surface area contributed by atoms with Gasteiger partial charge in [0.2, 0.25) is 0 Å². The topological polar surface area (TPSA) is 15.8 Å². The summed E-state index contributed by atoms with van der Waals surface area (Å²) in [5.74, 6) is 0. The molecule has 0 spiro atoms. The zero-order valence-electron chi connectivity index (χ0n) is 7.82. The van der Waals surface area contributed by atoms with Crippen LogP contribution in [0.15, 0.2) is 18.2 Å². The number of H-pyrrole nitrogens is 1. The largest absolute Gasteiger partial charge is 0.345 e. The van der Waals surface area contributed by atoms with Crippen LogP contribution in [0.2, 0.25) is 5.15 Å². The number of aromatic nitrogens is 1. The SMILES string of the molecule is CCc1ccc2[nH]c(Cl)c(C)c2c1. The summed E-state index contributed by atoms with van der Waals surface area (Å²) in [6.07, 6.45) is 1.07. The van der Waals surface area contributed by atoms with Crippen molar-refractivity contribution in [3.05, 3.63) is 34.5 Å². The number of hydrogen-bond donors (Lipinski definition) is 1. The number of fused-ring (bicyclic) bond motifs is 1. The number of rotatable bonds is 1. The molecule has 1 aromatic carbocycles. The van der Waals surface area contributed by atoms with Gasteiger partial charge < -0.3 is 4.98 Å². The number of halogens is 1. The number of hydrogen-bond acceptors (Lipinski definition) is 0. The van der Waals surface area contributed by atoms with Crippen LogP contribution in [0.25, 0.3) is 10.9 Å². The molecule has 0 aliphatic carbocycles. The van der Waals surface area contributed by atoms with Crippen LogP contribution < -0.4 is 0 Å². The van der Waals surface area contributed by atoms with Crippen LogP contribution >= 0.6 is 11.6 Å². The molecule has 0 atom stereocenters. The van der Waals surface area contributed by atoms with Crippen LogP contribution in [-0.2, 0) is 6.42 Å². The Balaban J connectivity index is 2.75. The first-order valence-electron chi connectivity index (χ1n) is 4.49. The van der Waals surface area contributed by atoms with Gasteiger partial charge in [-0.15, -0.1) is 0 Å². The van der Waals surface area contributed by atoms with Gasteiger partial charge in [-0.25, -0.2) is 0 Å². The zero-order chi connectivity index (χ0) is 9.42. The lowest BCUT2D eigenvalue weighted by atomic mass is 10.1. The van der Waals surface area contributed by atoms with Gasteiger partial charge in [0.1, 0.15) is 5.15 Å². The predicted octanol–water partition coefficient (Wildman–Crippen LogP) is 3.69. The van der Waals surface area contributed by atoms with Gasteiger partial charge in [-0.1, -0.05) is 24.6 Å². The molecule has 68 valence electrons. The van der Waals surface area contributed by atoms with E-state index in [1.807, 2.05) is 6.92 Å². The maximum Gasteiger partial charge on any atom is 0.110 e. The molecule has 2 rings (SSSR count). The third-order valence-electron chi connectivity index (χ3n) is 2.47. The standard InChI is InChI=1S/C11H12ClN/c1-3-8-4-5-10-9(6-8)7(2)11(12)13-10/h4-6,13H,3H2,1-2H3. The normalized spacial score (nSPS) is 11.0. The zero-order valence-corrected chi connectivity index (χ0v) is 8.57. The van der Waals surface area contributed by atoms with Crippen LogP contribution in [0.4, 0.5) is 0 Å². The number of aryl methyl sites for hydroxylation is 2. The molecule has 1 N–H and O–H groups in total. The van der Waals surface area contributed by atoms with Crippen molar-refractivity contribution in [1.29, 1.82) is 0 Å². The van der Waals surface area contributed by atoms with Crippen molar-refractivity contribution in [3.63, 3.8) is 0 Å². The summed E-state index contributed by atoms with van der Waals surface area (Å²) in [5, 5.41) is 1.99. The molecule has 0 aliphatic heterocycles. The molecule has 0 fully saturated rings. The van der Waals surface area contributed by atoms with Gasteiger partial charge >= 0.3 is 0 Å². The smallest absolute Gasteiger partial charge is 0.110 e. The molecule has 2 heteroatoms. The van der Waals surface area contributed by atoms with Gasteiger partial charge in [0.15, 0.2) is 0 Å². The molecule has 0 saturated heterocycles. The Labute approximate surface area is 82.7 Å². The fourth-order valence-electron chi connectivity index (χ4n) is 1.56. The minimum Gasteiger partial charge on any atom is -0.345 e. The molecular weight excluding hydrogens is 182 g/mol. The fraction of sp³-hybridized carbons (Fsp3) is 0.273. The molecule has 13 heavy (non-hydrogen) atoms. The molecule has 2 aromatic rings. The lowest BCUT2D eigenvalue weighted by molar-refractivity contribution is 1.15. The van der Waals surface area contributed by atoms with Gasteiger partial charge in [0.05, 0.1) is 0 Å². The Kier molecular flexibility index (Phi) is 2.04. The van der Waals surface area contributed by atoms with Crippen LogP contribution in [0.3, 0.4) is 0 Å². The number of benzene rings is 1. The van der Waals surface area contributed by atoms with E-state index in [2.05, 4.69) is 30.1 Å². The van der Waals surface area contributed by atoms with Crippen molar-refractivity contribution in [2.75, 3.05) is 0 Å². The maximum absolute atomic E-state index is 5.99. The monoisotopic (exact) mass is 193 g/mol. The summed E-state index contributed by atoms with van der Waals surface area (Å²) in [4.78, 5) is 3.14. The Morgan fingerprint density at radius 2 is 2.15 bits per heavy atom. The van der Waals surface area contributed by atoms with E-state index in [0.717, 1.165) is 22.7 Å². The highest BCUT2D eigenvalue weighted by Crippen LogP contribution is 2.25. The first kappa shape index (κ1) is 8.64. The molecule has 0 aliphatic rings. The van der Waals surface area contributed by atoms with Crippen LogP contribution in [0, 0.1) is 6.92 Å². The summed E-state index contributed by atoms with van der Waals surface area (Å²) in [5.41, 5.74) is 3.62. The van der Waals surface area contributed by atoms with Crippen molar-refractivity contribution in [1.82, 2.24) is 4.98 Å². The second-order valence-electron chi connectivity index (χ2n) is 3.30. The molecule has 1 aromatic heterocycles. The maximum atomic E-state index is 5.99. The van der Waals surface area contributed by atoms with E-state index < -0.39 is 0 Å². The molecule has 0 bridgehead atoms. The average Bonchev–Trinajstić information content (AvgIpc) is 2.43. The lowest BCUT2D eigenvalue weighted by Gasteiger charge is -1.96. The first-order chi connectivity index (χ1) is 6.22. The molecule has 1 nitrogen and oxygen atoms in total. The quantitative estimate of drug-likeness (QED) is 0.711. The van der Waals surface area contributed by atoms with Gasteiger partial charge in [0.25, 0.3) is 0 Å². The van der Waals surface area contributed by atoms with Crippen molar-refractivity contribution < 1.29 is 0 Å². The Morgan fingerprint density at radius 1 is 1.38 bits per heavy atom. The van der Waals surface area contributed by atoms with E-state index in [-0.39, 0.29) is 0 Å². The summed E-state index contributed by atoms with van der Waals surface area (Å²) < 4.78 is 0. The Bertz CT molecular complexity index is 443. The van der Waals surface area contributed by atoms with Gasteiger partial charge in [-0.2, -0.15) is 0 Å². The van der Waals surface area contributed by atoms with E-state index >= 15 is 0 Å². The molecule has 0 amide bonds. The summed E-state index contributed by atoms with van der Waals surface area (Å²) in [7, 11) is 0. The lowest BCUT2D eigenvalue weighted by Crippen LogP contribution is -1.78. The van der Waals surface area contributed by atoms with Gasteiger partial charge in [0, 0.05) is 10.9 Å². The minimum atomic E-state index is 0.753. The van der Waals surface area contributed by atoms with Crippen LogP contribution in [-0.4, -0.2) is 4.98 Å². The first-order valence-corrected chi connectivity index (χ1v) is 4.87. The Hall–Kier alpha value is -0.950. The van der Waals surface area contributed by atoms with Crippen molar-refractivity contribution in [3.8, 4) is 0 Å². The number of aromatic amines is 1. The minimum absolute atomic E-state index is 0.753. The highest BCUT2D eigenvalue weighted by molar-refractivity contribution is 6.31. The molecule has 1 heterocycles. The van der Waals surface area contributed by atoms with E-state index in [1.54, 1.807) is 0 Å². The molecular formula is C11H12ClN. The fourth-order valence-corrected chi connectivity index (χ4v) is 1.76. The highest BCUT2D eigenvalue weighted by Gasteiger charge is 2.04. The van der Waals surface area contributed by atoms with Crippen LogP contribution in [0.5, 0.6) is 0 Å². The third-order valence-corrected chi connectivity index (χ3v) is 2.85. The highest BCUT2D eigenvalue weighted by atomic mass is 35.5. The molecule has 0 unspecified atom stereocenters. The Morgan fingerprint density at radius 3 is 2.85 bits per heavy atom. The summed E-state index contributed by atoms with van der Waals surface area (Å²) >= 11 is 5.99. The number of nitrogens with one attached hydrogen (secondary N) is 1. The van der Waals surface area contributed by atoms with E-state index in [9.17, 15) is 0 Å².